The summed E-state index contributed by atoms with van der Waals surface area (Å²) in [5.41, 5.74) is 5.41. The maximum absolute atomic E-state index is 14.8. The molecule has 3 aliphatic rings. The molecule has 4 N–H and O–H groups in total. The summed E-state index contributed by atoms with van der Waals surface area (Å²) >= 11 is 6.26. The lowest BCUT2D eigenvalue weighted by Crippen LogP contribution is -2.63. The molecular formula is C29H25ClFN3O5. The van der Waals surface area contributed by atoms with Gasteiger partial charge in [-0.2, -0.15) is 0 Å². The largest absolute Gasteiger partial charge is 0.454 e. The smallest absolute Gasteiger partial charge is 0.270 e. The van der Waals surface area contributed by atoms with Gasteiger partial charge in [-0.05, 0) is 43.0 Å². The Morgan fingerprint density at radius 3 is 2.79 bits per heavy atom. The monoisotopic (exact) mass is 549 g/mol. The van der Waals surface area contributed by atoms with Gasteiger partial charge >= 0.3 is 0 Å². The number of aryl methyl sites for hydroxylation is 1. The molecule has 0 radical (unpaired) electrons. The minimum atomic E-state index is -2.28. The number of hydrogen-bond acceptors (Lipinski definition) is 7. The van der Waals surface area contributed by atoms with Gasteiger partial charge in [0.25, 0.3) is 11.7 Å². The summed E-state index contributed by atoms with van der Waals surface area (Å²) in [6.07, 6.45) is 3.74. The first-order valence-electron chi connectivity index (χ1n) is 12.5. The van der Waals surface area contributed by atoms with E-state index in [0.29, 0.717) is 6.42 Å². The Morgan fingerprint density at radius 2 is 2.08 bits per heavy atom. The Labute approximate surface area is 228 Å². The van der Waals surface area contributed by atoms with Crippen molar-refractivity contribution in [3.05, 3.63) is 93.0 Å². The van der Waals surface area contributed by atoms with E-state index in [-0.39, 0.29) is 56.0 Å². The highest BCUT2D eigenvalue weighted by molar-refractivity contribution is 6.33. The number of fused-ring (bicyclic) bond motifs is 4. The standard InChI is InChI=1S/C29H25ClFN3O5/c1-13(2)15-10-11-16-21(12-15)38-29(37)17-6-4-9-20(32)23(17)26(35)28(16,29)33-27(36)22-14(3)39-34-25(22)24-18(30)7-5-8-19(24)31/h4-8,10-13,20,37H,9,32H2,1-3H3,(H,33,36). The van der Waals surface area contributed by atoms with E-state index in [1.807, 2.05) is 19.9 Å². The Morgan fingerprint density at radius 1 is 1.31 bits per heavy atom. The Hall–Kier alpha value is -3.79. The number of nitrogens with zero attached hydrogens (tertiary/aromatic N) is 1. The number of carbonyl (C=O) groups is 2. The van der Waals surface area contributed by atoms with Crippen LogP contribution in [-0.4, -0.2) is 33.8 Å². The molecule has 3 atom stereocenters. The van der Waals surface area contributed by atoms with Crippen molar-refractivity contribution in [2.24, 2.45) is 5.73 Å². The summed E-state index contributed by atoms with van der Waals surface area (Å²) in [6, 6.07) is 8.61. The third kappa shape index (κ3) is 3.33. The van der Waals surface area contributed by atoms with Crippen molar-refractivity contribution in [2.75, 3.05) is 0 Å². The van der Waals surface area contributed by atoms with Gasteiger partial charge in [0.2, 0.25) is 5.54 Å². The van der Waals surface area contributed by atoms with E-state index >= 15 is 0 Å². The first-order chi connectivity index (χ1) is 18.5. The Balaban J connectivity index is 1.53. The fraction of sp³-hybridized carbons (Fsp3) is 0.276. The molecule has 3 aromatic rings. The lowest BCUT2D eigenvalue weighted by molar-refractivity contribution is -0.154. The van der Waals surface area contributed by atoms with Gasteiger partial charge in [-0.3, -0.25) is 9.59 Å². The average Bonchev–Trinajstić information content (AvgIpc) is 3.44. The molecule has 1 amide bonds. The summed E-state index contributed by atoms with van der Waals surface area (Å²) in [7, 11) is 0. The number of ketones is 1. The van der Waals surface area contributed by atoms with Gasteiger partial charge in [0.15, 0.2) is 5.78 Å². The minimum absolute atomic E-state index is 0.0213. The third-order valence-electron chi connectivity index (χ3n) is 7.72. The first-order valence-corrected chi connectivity index (χ1v) is 12.9. The molecule has 1 aliphatic heterocycles. The van der Waals surface area contributed by atoms with Crippen LogP contribution >= 0.6 is 11.6 Å². The van der Waals surface area contributed by atoms with Crippen molar-refractivity contribution in [3.8, 4) is 17.0 Å². The first kappa shape index (κ1) is 25.5. The van der Waals surface area contributed by atoms with E-state index < -0.39 is 34.9 Å². The number of halogens is 2. The topological polar surface area (TPSA) is 128 Å². The molecule has 8 nitrogen and oxygen atoms in total. The SMILES string of the molecule is Cc1onc(-c2c(F)cccc2Cl)c1C(=O)NC12C(=O)C3=C(C=CCC3N)C1(O)Oc1cc(C(C)C)ccc12. The number of hydrogen-bond donors (Lipinski definition) is 3. The van der Waals surface area contributed by atoms with Crippen LogP contribution in [0, 0.1) is 12.7 Å². The quantitative estimate of drug-likeness (QED) is 0.439. The van der Waals surface area contributed by atoms with Crippen LogP contribution in [0.5, 0.6) is 5.75 Å². The van der Waals surface area contributed by atoms with Gasteiger partial charge in [-0.15, -0.1) is 0 Å². The number of Topliss-reactive ketones (excluding diaryl/α,β-unsaturated/α-hetero) is 1. The molecule has 2 aromatic carbocycles. The number of carbonyl (C=O) groups excluding carboxylic acids is 2. The summed E-state index contributed by atoms with van der Waals surface area (Å²) in [5, 5.41) is 18.8. The molecule has 0 saturated carbocycles. The molecule has 2 aliphatic carbocycles. The highest BCUT2D eigenvalue weighted by Crippen LogP contribution is 2.58. The summed E-state index contributed by atoms with van der Waals surface area (Å²) < 4.78 is 26.2. The second kappa shape index (κ2) is 8.61. The third-order valence-corrected chi connectivity index (χ3v) is 8.03. The van der Waals surface area contributed by atoms with Crippen LogP contribution in [-0.2, 0) is 10.3 Å². The molecule has 10 heteroatoms. The van der Waals surface area contributed by atoms with Gasteiger partial charge in [0, 0.05) is 22.8 Å². The predicted octanol–water partition coefficient (Wildman–Crippen LogP) is 4.44. The number of aliphatic hydroxyl groups is 1. The zero-order chi connectivity index (χ0) is 27.9. The Kier molecular flexibility index (Phi) is 5.62. The van der Waals surface area contributed by atoms with Gasteiger partial charge in [0.1, 0.15) is 28.6 Å². The molecule has 1 aromatic heterocycles. The minimum Gasteiger partial charge on any atom is -0.454 e. The molecule has 6 rings (SSSR count). The van der Waals surface area contributed by atoms with Gasteiger partial charge in [-0.25, -0.2) is 4.39 Å². The van der Waals surface area contributed by atoms with Crippen molar-refractivity contribution in [3.63, 3.8) is 0 Å². The van der Waals surface area contributed by atoms with Gasteiger partial charge < -0.3 is 25.4 Å². The van der Waals surface area contributed by atoms with E-state index in [2.05, 4.69) is 10.5 Å². The van der Waals surface area contributed by atoms with Gasteiger partial charge in [-0.1, -0.05) is 61.0 Å². The van der Waals surface area contributed by atoms with E-state index in [9.17, 15) is 19.1 Å². The predicted molar refractivity (Wildman–Crippen MR) is 141 cm³/mol. The van der Waals surface area contributed by atoms with Crippen LogP contribution in [0.2, 0.25) is 5.02 Å². The van der Waals surface area contributed by atoms with Crippen LogP contribution in [0.1, 0.15) is 53.4 Å². The van der Waals surface area contributed by atoms with Crippen LogP contribution in [0.15, 0.2) is 64.2 Å². The number of ether oxygens (including phenoxy) is 1. The lowest BCUT2D eigenvalue weighted by atomic mass is 9.80. The zero-order valence-corrected chi connectivity index (χ0v) is 22.1. The molecule has 39 heavy (non-hydrogen) atoms. The summed E-state index contributed by atoms with van der Waals surface area (Å²) in [5.74, 6) is -3.94. The number of amides is 1. The van der Waals surface area contributed by atoms with Crippen LogP contribution in [0.4, 0.5) is 4.39 Å². The van der Waals surface area contributed by atoms with E-state index in [1.165, 1.54) is 25.1 Å². The second-order valence-corrected chi connectivity index (χ2v) is 10.7. The van der Waals surface area contributed by atoms with Gasteiger partial charge in [0.05, 0.1) is 10.6 Å². The molecule has 3 unspecified atom stereocenters. The molecule has 2 heterocycles. The fourth-order valence-corrected chi connectivity index (χ4v) is 6.00. The molecule has 0 spiro atoms. The number of rotatable bonds is 4. The second-order valence-electron chi connectivity index (χ2n) is 10.3. The van der Waals surface area contributed by atoms with Crippen LogP contribution < -0.4 is 15.8 Å². The molecule has 0 saturated heterocycles. The molecular weight excluding hydrogens is 525 g/mol. The molecule has 0 fully saturated rings. The summed E-state index contributed by atoms with van der Waals surface area (Å²) in [4.78, 5) is 28.3. The molecule has 0 bridgehead atoms. The number of nitrogens with one attached hydrogen (secondary N) is 1. The highest BCUT2D eigenvalue weighted by atomic mass is 35.5. The van der Waals surface area contributed by atoms with E-state index in [4.69, 9.17) is 26.6 Å². The van der Waals surface area contributed by atoms with E-state index in [0.717, 1.165) is 5.56 Å². The van der Waals surface area contributed by atoms with Crippen LogP contribution in [0.3, 0.4) is 0 Å². The maximum Gasteiger partial charge on any atom is 0.270 e. The fourth-order valence-electron chi connectivity index (χ4n) is 5.75. The normalized spacial score (nSPS) is 25.0. The summed E-state index contributed by atoms with van der Waals surface area (Å²) in [6.45, 7) is 5.49. The van der Waals surface area contributed by atoms with Crippen molar-refractivity contribution in [1.82, 2.24) is 10.5 Å². The van der Waals surface area contributed by atoms with Crippen molar-refractivity contribution >= 4 is 23.3 Å². The van der Waals surface area contributed by atoms with E-state index in [1.54, 1.807) is 24.3 Å². The lowest BCUT2D eigenvalue weighted by Gasteiger charge is -2.35. The Bertz CT molecular complexity index is 1620. The van der Waals surface area contributed by atoms with Crippen LogP contribution in [0.25, 0.3) is 11.3 Å². The highest BCUT2D eigenvalue weighted by Gasteiger charge is 2.72. The number of aromatic nitrogens is 1. The average molecular weight is 550 g/mol. The van der Waals surface area contributed by atoms with Crippen molar-refractivity contribution < 1.29 is 28.3 Å². The molecule has 200 valence electrons. The number of benzene rings is 2. The number of nitrogens with two attached hydrogens (primary N) is 1. The van der Waals surface area contributed by atoms with Crippen molar-refractivity contribution in [2.45, 2.75) is 50.5 Å². The maximum atomic E-state index is 14.8. The zero-order valence-electron chi connectivity index (χ0n) is 21.3. The van der Waals surface area contributed by atoms with Crippen molar-refractivity contribution in [1.29, 1.82) is 0 Å².